The van der Waals surface area contributed by atoms with Gasteiger partial charge in [0.2, 0.25) is 5.88 Å². The second-order valence-electron chi connectivity index (χ2n) is 9.65. The summed E-state index contributed by atoms with van der Waals surface area (Å²) >= 11 is 0. The predicted octanol–water partition coefficient (Wildman–Crippen LogP) is 3.87. The van der Waals surface area contributed by atoms with Crippen molar-refractivity contribution in [2.24, 2.45) is 0 Å². The van der Waals surface area contributed by atoms with Crippen LogP contribution in [-0.4, -0.2) is 55.2 Å². The first-order valence-electron chi connectivity index (χ1n) is 12.1. The van der Waals surface area contributed by atoms with E-state index in [4.69, 9.17) is 10.5 Å². The maximum Gasteiger partial charge on any atom is 0.251 e. The van der Waals surface area contributed by atoms with Gasteiger partial charge in [-0.2, -0.15) is 0 Å². The zero-order valence-corrected chi connectivity index (χ0v) is 22.0. The SMILES string of the molecule is C=S(C)(=O)CCNc1cc(Oc2cc(F)ccc2N)nn2c(-c3ccc(C(=O)NC4CC4)c(C)c3)cnc12. The Kier molecular flexibility index (Phi) is 6.70. The van der Waals surface area contributed by atoms with Crippen LogP contribution in [0.1, 0.15) is 28.8 Å². The lowest BCUT2D eigenvalue weighted by atomic mass is 10.0. The van der Waals surface area contributed by atoms with Gasteiger partial charge in [-0.3, -0.25) is 9.00 Å². The molecular weight excluding hydrogens is 507 g/mol. The topological polar surface area (TPSA) is 124 Å². The number of hydrogen-bond donors (Lipinski definition) is 3. The van der Waals surface area contributed by atoms with Crippen LogP contribution in [-0.2, 0) is 9.52 Å². The molecule has 4 aromatic rings. The number of fused-ring (bicyclic) bond motifs is 1. The zero-order valence-electron chi connectivity index (χ0n) is 21.2. The molecule has 1 fully saturated rings. The smallest absolute Gasteiger partial charge is 0.251 e. The highest BCUT2D eigenvalue weighted by atomic mass is 32.2. The van der Waals surface area contributed by atoms with Gasteiger partial charge in [0, 0.05) is 47.9 Å². The number of ether oxygens (including phenoxy) is 1. The minimum absolute atomic E-state index is 0.0828. The van der Waals surface area contributed by atoms with Crippen molar-refractivity contribution >= 4 is 38.3 Å². The predicted molar refractivity (Wildman–Crippen MR) is 149 cm³/mol. The molecule has 0 spiro atoms. The molecule has 0 bridgehead atoms. The van der Waals surface area contributed by atoms with Gasteiger partial charge < -0.3 is 21.1 Å². The van der Waals surface area contributed by atoms with Crippen molar-refractivity contribution in [3.05, 3.63) is 65.6 Å². The van der Waals surface area contributed by atoms with Gasteiger partial charge in [-0.25, -0.2) is 13.9 Å². The number of carbonyl (C=O) groups is 1. The lowest BCUT2D eigenvalue weighted by molar-refractivity contribution is 0.0950. The number of rotatable bonds is 9. The van der Waals surface area contributed by atoms with Crippen LogP contribution in [0.3, 0.4) is 0 Å². The third kappa shape index (κ3) is 5.72. The second-order valence-corrected chi connectivity index (χ2v) is 12.4. The molecule has 1 atom stereocenters. The van der Waals surface area contributed by atoms with Crippen LogP contribution < -0.4 is 21.1 Å². The van der Waals surface area contributed by atoms with Crippen LogP contribution in [0.15, 0.2) is 48.7 Å². The molecule has 1 aliphatic carbocycles. The fourth-order valence-corrected chi connectivity index (χ4v) is 4.54. The van der Waals surface area contributed by atoms with Gasteiger partial charge in [0.1, 0.15) is 5.82 Å². The number of nitrogens with zero attached hydrogens (tertiary/aromatic N) is 3. The number of nitrogens with two attached hydrogens (primary N) is 1. The van der Waals surface area contributed by atoms with E-state index in [1.54, 1.807) is 29.1 Å². The number of anilines is 2. The summed E-state index contributed by atoms with van der Waals surface area (Å²) in [7, 11) is -2.20. The molecule has 2 heterocycles. The van der Waals surface area contributed by atoms with E-state index in [1.807, 2.05) is 19.1 Å². The van der Waals surface area contributed by atoms with Crippen molar-refractivity contribution in [1.29, 1.82) is 0 Å². The molecule has 11 heteroatoms. The molecule has 0 aliphatic heterocycles. The number of nitrogens with one attached hydrogen (secondary N) is 2. The summed E-state index contributed by atoms with van der Waals surface area (Å²) in [6, 6.07) is 11.3. The van der Waals surface area contributed by atoms with Crippen LogP contribution >= 0.6 is 0 Å². The van der Waals surface area contributed by atoms with Crippen LogP contribution in [0.5, 0.6) is 11.6 Å². The molecular formula is C27H29FN6O3S. The van der Waals surface area contributed by atoms with Crippen LogP contribution in [0.4, 0.5) is 15.8 Å². The van der Waals surface area contributed by atoms with Crippen molar-refractivity contribution in [1.82, 2.24) is 19.9 Å². The van der Waals surface area contributed by atoms with E-state index in [9.17, 15) is 13.4 Å². The maximum absolute atomic E-state index is 13.9. The van der Waals surface area contributed by atoms with Crippen LogP contribution in [0.2, 0.25) is 0 Å². The van der Waals surface area contributed by atoms with Gasteiger partial charge in [0.25, 0.3) is 5.91 Å². The second kappa shape index (κ2) is 9.97. The molecule has 9 nitrogen and oxygen atoms in total. The van der Waals surface area contributed by atoms with E-state index in [1.165, 1.54) is 18.2 Å². The Labute approximate surface area is 220 Å². The highest BCUT2D eigenvalue weighted by Crippen LogP contribution is 2.32. The van der Waals surface area contributed by atoms with Crippen LogP contribution in [0.25, 0.3) is 16.9 Å². The number of aryl methyl sites for hydroxylation is 1. The average Bonchev–Trinajstić information content (AvgIpc) is 3.55. The van der Waals surface area contributed by atoms with Gasteiger partial charge in [-0.1, -0.05) is 6.07 Å². The molecule has 1 amide bonds. The first kappa shape index (κ1) is 25.5. The Morgan fingerprint density at radius 3 is 2.76 bits per heavy atom. The Balaban J connectivity index is 1.54. The summed E-state index contributed by atoms with van der Waals surface area (Å²) in [6.07, 6.45) is 5.31. The summed E-state index contributed by atoms with van der Waals surface area (Å²) in [5.41, 5.74) is 10.2. The molecule has 2 aromatic carbocycles. The van der Waals surface area contributed by atoms with Crippen molar-refractivity contribution in [2.75, 3.05) is 29.6 Å². The summed E-state index contributed by atoms with van der Waals surface area (Å²) in [5, 5.41) is 10.9. The molecule has 198 valence electrons. The first-order valence-corrected chi connectivity index (χ1v) is 14.5. The molecule has 2 aromatic heterocycles. The van der Waals surface area contributed by atoms with Gasteiger partial charge in [-0.15, -0.1) is 5.10 Å². The molecule has 5 rings (SSSR count). The molecule has 1 aliphatic rings. The Morgan fingerprint density at radius 1 is 1.26 bits per heavy atom. The monoisotopic (exact) mass is 536 g/mol. The number of aromatic nitrogens is 3. The zero-order chi connectivity index (χ0) is 27.0. The van der Waals surface area contributed by atoms with Crippen molar-refractivity contribution in [3.8, 4) is 22.9 Å². The van der Waals surface area contributed by atoms with E-state index in [0.717, 1.165) is 24.0 Å². The number of nitrogen functional groups attached to an aromatic ring is 1. The van der Waals surface area contributed by atoms with Gasteiger partial charge >= 0.3 is 0 Å². The number of halogens is 1. The highest BCUT2D eigenvalue weighted by molar-refractivity contribution is 7.99. The average molecular weight is 537 g/mol. The lowest BCUT2D eigenvalue weighted by Gasteiger charge is -2.13. The molecule has 0 saturated heterocycles. The molecule has 38 heavy (non-hydrogen) atoms. The fourth-order valence-electron chi connectivity index (χ4n) is 4.00. The summed E-state index contributed by atoms with van der Waals surface area (Å²) in [6.45, 7) is 2.27. The summed E-state index contributed by atoms with van der Waals surface area (Å²) in [5.74, 6) is 3.75. The Bertz CT molecular complexity index is 1650. The van der Waals surface area contributed by atoms with Gasteiger partial charge in [0.05, 0.1) is 23.3 Å². The van der Waals surface area contributed by atoms with Crippen molar-refractivity contribution in [2.45, 2.75) is 25.8 Å². The first-order chi connectivity index (χ1) is 18.1. The number of imidazole rings is 1. The van der Waals surface area contributed by atoms with E-state index in [0.29, 0.717) is 34.9 Å². The van der Waals surface area contributed by atoms with E-state index in [2.05, 4.69) is 26.6 Å². The lowest BCUT2D eigenvalue weighted by Crippen LogP contribution is -2.26. The minimum Gasteiger partial charge on any atom is -0.435 e. The quantitative estimate of drug-likeness (QED) is 0.219. The van der Waals surface area contributed by atoms with Gasteiger partial charge in [-0.05, 0) is 65.0 Å². The fraction of sp³-hybridized carbons (Fsp3) is 0.259. The normalized spacial score (nSPS) is 14.7. The number of benzene rings is 2. The molecule has 1 saturated carbocycles. The van der Waals surface area contributed by atoms with E-state index in [-0.39, 0.29) is 29.3 Å². The van der Waals surface area contributed by atoms with Crippen molar-refractivity contribution < 1.29 is 18.1 Å². The molecule has 4 N–H and O–H groups in total. The van der Waals surface area contributed by atoms with Gasteiger partial charge in [0.15, 0.2) is 11.4 Å². The van der Waals surface area contributed by atoms with E-state index >= 15 is 0 Å². The van der Waals surface area contributed by atoms with Crippen molar-refractivity contribution in [3.63, 3.8) is 0 Å². The Morgan fingerprint density at radius 2 is 2.05 bits per heavy atom. The minimum atomic E-state index is -2.20. The van der Waals surface area contributed by atoms with Crippen LogP contribution in [0, 0.1) is 12.7 Å². The van der Waals surface area contributed by atoms with E-state index < -0.39 is 15.3 Å². The largest absolute Gasteiger partial charge is 0.435 e. The Hall–Kier alpha value is -4.12. The molecule has 1 unspecified atom stereocenters. The highest BCUT2D eigenvalue weighted by Gasteiger charge is 2.24. The third-order valence-electron chi connectivity index (χ3n) is 6.16. The third-order valence-corrected chi connectivity index (χ3v) is 7.23. The standard InChI is InChI=1S/C27H29FN6O3S/c1-16-12-17(4-8-20(16)27(35)32-19-6-7-19)23-15-31-26-22(30-10-11-38(2,3)36)14-25(33-34(23)26)37-24-13-18(28)5-9-21(24)29/h4-5,8-9,12-15,19,30H,2,6-7,10-11,29H2,1,3H3,(H,32,35). The number of hydrogen-bond acceptors (Lipinski definition) is 7. The maximum atomic E-state index is 13.9. The molecule has 0 radical (unpaired) electrons. The number of carbonyl (C=O) groups excluding carboxylic acids is 1. The number of amides is 1. The summed E-state index contributed by atoms with van der Waals surface area (Å²) < 4.78 is 33.4. The summed E-state index contributed by atoms with van der Waals surface area (Å²) in [4.78, 5) is 17.1.